The molecule has 9 heteroatoms. The van der Waals surface area contributed by atoms with E-state index in [0.717, 1.165) is 42.6 Å². The van der Waals surface area contributed by atoms with Crippen LogP contribution in [0.1, 0.15) is 12.8 Å². The molecule has 0 radical (unpaired) electrons. The van der Waals surface area contributed by atoms with Gasteiger partial charge < -0.3 is 15.0 Å². The van der Waals surface area contributed by atoms with E-state index in [0.29, 0.717) is 18.1 Å². The number of benzene rings is 2. The summed E-state index contributed by atoms with van der Waals surface area (Å²) in [5, 5.41) is 4.01. The number of hydrogen-bond donors (Lipinski definition) is 1. The highest BCUT2D eigenvalue weighted by molar-refractivity contribution is 6.31. The molecular formula is C23H25ClFN5O2. The Morgan fingerprint density at radius 3 is 2.72 bits per heavy atom. The summed E-state index contributed by atoms with van der Waals surface area (Å²) < 4.78 is 19.7. The number of fused-ring (bicyclic) bond motifs is 1. The van der Waals surface area contributed by atoms with Crippen LogP contribution in [0.25, 0.3) is 10.9 Å². The summed E-state index contributed by atoms with van der Waals surface area (Å²) in [4.78, 5) is 24.3. The molecule has 168 valence electrons. The van der Waals surface area contributed by atoms with Gasteiger partial charge in [0.05, 0.1) is 17.1 Å². The van der Waals surface area contributed by atoms with Gasteiger partial charge in [-0.3, -0.25) is 9.69 Å². The fourth-order valence-corrected chi connectivity index (χ4v) is 3.81. The van der Waals surface area contributed by atoms with E-state index in [9.17, 15) is 9.18 Å². The van der Waals surface area contributed by atoms with Crippen LogP contribution >= 0.6 is 11.6 Å². The molecule has 0 spiro atoms. The third-order valence-corrected chi connectivity index (χ3v) is 5.77. The van der Waals surface area contributed by atoms with Crippen LogP contribution in [-0.2, 0) is 4.79 Å². The molecule has 32 heavy (non-hydrogen) atoms. The smallest absolute Gasteiger partial charge is 0.236 e. The number of aromatic nitrogens is 2. The van der Waals surface area contributed by atoms with Crippen LogP contribution in [0.2, 0.25) is 5.02 Å². The molecule has 0 aliphatic carbocycles. The Morgan fingerprint density at radius 2 is 2.00 bits per heavy atom. The normalized spacial score (nSPS) is 15.0. The topological polar surface area (TPSA) is 70.6 Å². The van der Waals surface area contributed by atoms with Crippen molar-refractivity contribution in [3.63, 3.8) is 0 Å². The maximum atomic E-state index is 13.5. The third-order valence-electron chi connectivity index (χ3n) is 5.48. The lowest BCUT2D eigenvalue weighted by atomic mass is 10.1. The number of nitrogens with one attached hydrogen (secondary N) is 1. The maximum absolute atomic E-state index is 13.5. The summed E-state index contributed by atoms with van der Waals surface area (Å²) in [5.74, 6) is 0.953. The number of likely N-dealkylation sites (tertiary alicyclic amines) is 1. The lowest BCUT2D eigenvalue weighted by Gasteiger charge is -2.32. The van der Waals surface area contributed by atoms with Crippen molar-refractivity contribution in [2.75, 3.05) is 39.0 Å². The third kappa shape index (κ3) is 5.26. The number of carbonyl (C=O) groups is 1. The first-order valence-corrected chi connectivity index (χ1v) is 10.8. The Kier molecular flexibility index (Phi) is 6.72. The molecule has 1 amide bonds. The number of halogens is 2. The van der Waals surface area contributed by atoms with Gasteiger partial charge in [0.1, 0.15) is 29.8 Å². The van der Waals surface area contributed by atoms with Gasteiger partial charge in [0, 0.05) is 38.3 Å². The van der Waals surface area contributed by atoms with Gasteiger partial charge in [0.2, 0.25) is 5.91 Å². The molecule has 1 aliphatic heterocycles. The largest absolute Gasteiger partial charge is 0.490 e. The fraction of sp³-hybridized carbons (Fsp3) is 0.348. The summed E-state index contributed by atoms with van der Waals surface area (Å²) in [6.45, 7) is 2.08. The Balaban J connectivity index is 1.45. The van der Waals surface area contributed by atoms with Gasteiger partial charge in [-0.1, -0.05) is 11.6 Å². The Hall–Kier alpha value is -2.97. The second-order valence-corrected chi connectivity index (χ2v) is 8.44. The number of piperidine rings is 1. The van der Waals surface area contributed by atoms with Crippen LogP contribution in [0, 0.1) is 5.82 Å². The number of ether oxygens (including phenoxy) is 1. The molecule has 3 aromatic rings. The molecule has 0 atom stereocenters. The van der Waals surface area contributed by atoms with Crippen molar-refractivity contribution in [3.8, 4) is 5.75 Å². The monoisotopic (exact) mass is 457 g/mol. The van der Waals surface area contributed by atoms with E-state index < -0.39 is 5.82 Å². The Labute approximate surface area is 191 Å². The second-order valence-electron chi connectivity index (χ2n) is 8.04. The van der Waals surface area contributed by atoms with E-state index in [1.54, 1.807) is 25.1 Å². The molecule has 7 nitrogen and oxygen atoms in total. The number of carbonyl (C=O) groups excluding carboxylic acids is 1. The first-order valence-electron chi connectivity index (χ1n) is 10.4. The molecule has 0 bridgehead atoms. The number of rotatable bonds is 6. The molecule has 1 saturated heterocycles. The number of nitrogens with zero attached hydrogens (tertiary/aromatic N) is 4. The molecular weight excluding hydrogens is 433 g/mol. The van der Waals surface area contributed by atoms with Crippen molar-refractivity contribution in [2.24, 2.45) is 0 Å². The second kappa shape index (κ2) is 9.67. The molecule has 1 aliphatic rings. The summed E-state index contributed by atoms with van der Waals surface area (Å²) >= 11 is 5.89. The van der Waals surface area contributed by atoms with Crippen molar-refractivity contribution < 1.29 is 13.9 Å². The van der Waals surface area contributed by atoms with Crippen molar-refractivity contribution >= 4 is 39.9 Å². The highest BCUT2D eigenvalue weighted by atomic mass is 35.5. The zero-order chi connectivity index (χ0) is 22.7. The highest BCUT2D eigenvalue weighted by Gasteiger charge is 2.22. The van der Waals surface area contributed by atoms with Gasteiger partial charge in [-0.15, -0.1) is 0 Å². The van der Waals surface area contributed by atoms with Crippen LogP contribution < -0.4 is 10.1 Å². The molecule has 1 fully saturated rings. The van der Waals surface area contributed by atoms with Crippen molar-refractivity contribution in [3.05, 3.63) is 53.6 Å². The summed E-state index contributed by atoms with van der Waals surface area (Å²) in [6, 6.07) is 10.1. The van der Waals surface area contributed by atoms with Gasteiger partial charge in [0.15, 0.2) is 0 Å². The molecule has 0 saturated carbocycles. The average Bonchev–Trinajstić information content (AvgIpc) is 2.78. The van der Waals surface area contributed by atoms with E-state index in [-0.39, 0.29) is 17.0 Å². The van der Waals surface area contributed by atoms with Gasteiger partial charge >= 0.3 is 0 Å². The molecule has 1 aromatic heterocycles. The lowest BCUT2D eigenvalue weighted by Crippen LogP contribution is -2.43. The molecule has 4 rings (SSSR count). The fourth-order valence-electron chi connectivity index (χ4n) is 3.63. The number of likely N-dealkylation sites (N-methyl/N-ethyl adjacent to an activating group) is 1. The van der Waals surface area contributed by atoms with Crippen LogP contribution in [0.5, 0.6) is 5.75 Å². The minimum absolute atomic E-state index is 0.0380. The van der Waals surface area contributed by atoms with Crippen LogP contribution in [0.15, 0.2) is 42.7 Å². The standard InChI is InChI=1S/C23H25ClFN5O2/c1-29(2)22(31)13-30-9-7-16(8-10-30)32-17-4-6-21-18(12-17)23(27-14-26-21)28-15-3-5-20(25)19(24)11-15/h3-6,11-12,14,16H,7-10,13H2,1-2H3,(H,26,27,28). The Bertz CT molecular complexity index is 1120. The first kappa shape index (κ1) is 22.2. The molecule has 0 unspecified atom stereocenters. The molecule has 2 heterocycles. The summed E-state index contributed by atoms with van der Waals surface area (Å²) in [7, 11) is 3.55. The molecule has 1 N–H and O–H groups in total. The minimum Gasteiger partial charge on any atom is -0.490 e. The highest BCUT2D eigenvalue weighted by Crippen LogP contribution is 2.29. The SMILES string of the molecule is CN(C)C(=O)CN1CCC(Oc2ccc3ncnc(Nc4ccc(F)c(Cl)c4)c3c2)CC1. The van der Waals surface area contributed by atoms with E-state index in [2.05, 4.69) is 20.2 Å². The van der Waals surface area contributed by atoms with Crippen LogP contribution in [0.3, 0.4) is 0 Å². The predicted molar refractivity (Wildman–Crippen MR) is 123 cm³/mol. The van der Waals surface area contributed by atoms with Crippen molar-refractivity contribution in [1.29, 1.82) is 0 Å². The van der Waals surface area contributed by atoms with Gasteiger partial charge in [-0.05, 0) is 49.2 Å². The minimum atomic E-state index is -0.474. The predicted octanol–water partition coefficient (Wildman–Crippen LogP) is 4.10. The zero-order valence-electron chi connectivity index (χ0n) is 18.0. The maximum Gasteiger partial charge on any atom is 0.236 e. The van der Waals surface area contributed by atoms with Crippen LogP contribution in [0.4, 0.5) is 15.9 Å². The zero-order valence-corrected chi connectivity index (χ0v) is 18.8. The van der Waals surface area contributed by atoms with Crippen molar-refractivity contribution in [2.45, 2.75) is 18.9 Å². The van der Waals surface area contributed by atoms with Crippen LogP contribution in [-0.4, -0.2) is 65.5 Å². The Morgan fingerprint density at radius 1 is 1.22 bits per heavy atom. The van der Waals surface area contributed by atoms with E-state index in [1.165, 1.54) is 18.5 Å². The quantitative estimate of drug-likeness (QED) is 0.601. The van der Waals surface area contributed by atoms with Gasteiger partial charge in [-0.2, -0.15) is 0 Å². The molecule has 2 aromatic carbocycles. The number of hydrogen-bond acceptors (Lipinski definition) is 6. The van der Waals surface area contributed by atoms with Crippen molar-refractivity contribution in [1.82, 2.24) is 19.8 Å². The first-order chi connectivity index (χ1) is 15.4. The van der Waals surface area contributed by atoms with E-state index in [4.69, 9.17) is 16.3 Å². The van der Waals surface area contributed by atoms with Gasteiger partial charge in [-0.25, -0.2) is 14.4 Å². The summed E-state index contributed by atoms with van der Waals surface area (Å²) in [5.41, 5.74) is 1.39. The lowest BCUT2D eigenvalue weighted by molar-refractivity contribution is -0.130. The number of amides is 1. The van der Waals surface area contributed by atoms with Gasteiger partial charge in [0.25, 0.3) is 0 Å². The summed E-state index contributed by atoms with van der Waals surface area (Å²) in [6.07, 6.45) is 3.25. The van der Waals surface area contributed by atoms with E-state index in [1.807, 2.05) is 18.2 Å². The number of anilines is 2. The van der Waals surface area contributed by atoms with E-state index >= 15 is 0 Å². The average molecular weight is 458 g/mol.